The Morgan fingerprint density at radius 1 is 1.47 bits per heavy atom. The smallest absolute Gasteiger partial charge is 0.319 e. The maximum absolute atomic E-state index is 13.0. The quantitative estimate of drug-likeness (QED) is 0.719. The molecule has 0 unspecified atom stereocenters. The number of rotatable bonds is 3. The van der Waals surface area contributed by atoms with Crippen molar-refractivity contribution in [3.05, 3.63) is 29.6 Å². The van der Waals surface area contributed by atoms with Crippen LogP contribution in [0.15, 0.2) is 18.2 Å². The first-order chi connectivity index (χ1) is 8.06. The number of carbonyl (C=O) groups is 1. The largest absolute Gasteiger partial charge is 0.389 e. The monoisotopic (exact) mass is 253 g/mol. The summed E-state index contributed by atoms with van der Waals surface area (Å²) in [6, 6.07) is 3.82. The third-order valence-corrected chi connectivity index (χ3v) is 2.63. The fourth-order valence-corrected chi connectivity index (χ4v) is 1.57. The zero-order valence-electron chi connectivity index (χ0n) is 9.00. The van der Waals surface area contributed by atoms with E-state index in [1.54, 1.807) is 0 Å². The maximum atomic E-state index is 13.0. The SMILES string of the molecule is NC(=S)c1cc(F)ccc1NC(=O)NC1CC1. The van der Waals surface area contributed by atoms with Gasteiger partial charge in [-0.2, -0.15) is 0 Å². The van der Waals surface area contributed by atoms with Gasteiger partial charge in [0.1, 0.15) is 10.8 Å². The van der Waals surface area contributed by atoms with E-state index in [9.17, 15) is 9.18 Å². The third-order valence-electron chi connectivity index (χ3n) is 2.41. The molecule has 2 amide bonds. The Labute approximate surface area is 103 Å². The van der Waals surface area contributed by atoms with Crippen molar-refractivity contribution in [1.82, 2.24) is 5.32 Å². The van der Waals surface area contributed by atoms with Crippen LogP contribution in [-0.2, 0) is 0 Å². The van der Waals surface area contributed by atoms with Crippen LogP contribution in [0.1, 0.15) is 18.4 Å². The highest BCUT2D eigenvalue weighted by atomic mass is 32.1. The van der Waals surface area contributed by atoms with E-state index in [0.717, 1.165) is 12.8 Å². The molecule has 1 aliphatic carbocycles. The minimum absolute atomic E-state index is 0.0474. The lowest BCUT2D eigenvalue weighted by molar-refractivity contribution is 0.251. The van der Waals surface area contributed by atoms with Gasteiger partial charge in [0, 0.05) is 11.6 Å². The molecular formula is C11H12FN3OS. The van der Waals surface area contributed by atoms with Gasteiger partial charge in [0.05, 0.1) is 5.69 Å². The second kappa shape index (κ2) is 4.67. The fraction of sp³-hybridized carbons (Fsp3) is 0.273. The molecular weight excluding hydrogens is 241 g/mol. The van der Waals surface area contributed by atoms with E-state index in [1.165, 1.54) is 18.2 Å². The van der Waals surface area contributed by atoms with Crippen molar-refractivity contribution in [2.24, 2.45) is 5.73 Å². The van der Waals surface area contributed by atoms with Crippen LogP contribution in [-0.4, -0.2) is 17.1 Å². The molecule has 2 rings (SSSR count). The number of anilines is 1. The zero-order valence-corrected chi connectivity index (χ0v) is 9.81. The topological polar surface area (TPSA) is 67.1 Å². The summed E-state index contributed by atoms with van der Waals surface area (Å²) in [7, 11) is 0. The van der Waals surface area contributed by atoms with Gasteiger partial charge in [-0.05, 0) is 31.0 Å². The summed E-state index contributed by atoms with van der Waals surface area (Å²) in [6.07, 6.45) is 2.00. The number of urea groups is 1. The standard InChI is InChI=1S/C11H12FN3OS/c12-6-1-4-9(8(5-6)10(13)17)15-11(16)14-7-2-3-7/h1,4-5,7H,2-3H2,(H2,13,17)(H2,14,15,16). The molecule has 17 heavy (non-hydrogen) atoms. The van der Waals surface area contributed by atoms with Crippen molar-refractivity contribution in [2.75, 3.05) is 5.32 Å². The molecule has 0 radical (unpaired) electrons. The molecule has 1 saturated carbocycles. The van der Waals surface area contributed by atoms with Gasteiger partial charge in [-0.3, -0.25) is 0 Å². The van der Waals surface area contributed by atoms with Crippen LogP contribution in [0.4, 0.5) is 14.9 Å². The molecule has 0 aromatic heterocycles. The summed E-state index contributed by atoms with van der Waals surface area (Å²) in [5.74, 6) is -0.444. The summed E-state index contributed by atoms with van der Waals surface area (Å²) < 4.78 is 13.0. The Bertz CT molecular complexity index is 474. The van der Waals surface area contributed by atoms with Crippen molar-refractivity contribution < 1.29 is 9.18 Å². The number of nitrogens with one attached hydrogen (secondary N) is 2. The molecule has 0 heterocycles. The van der Waals surface area contributed by atoms with Gasteiger partial charge in [0.2, 0.25) is 0 Å². The second-order valence-corrected chi connectivity index (χ2v) is 4.37. The van der Waals surface area contributed by atoms with E-state index >= 15 is 0 Å². The molecule has 0 bridgehead atoms. The Kier molecular flexibility index (Phi) is 3.23. The normalized spacial score (nSPS) is 14.2. The van der Waals surface area contributed by atoms with Crippen molar-refractivity contribution in [2.45, 2.75) is 18.9 Å². The minimum atomic E-state index is -0.444. The van der Waals surface area contributed by atoms with Crippen molar-refractivity contribution >= 4 is 28.9 Å². The molecule has 1 fully saturated rings. The highest BCUT2D eigenvalue weighted by Crippen LogP contribution is 2.20. The lowest BCUT2D eigenvalue weighted by Crippen LogP contribution is -2.31. The number of carbonyl (C=O) groups excluding carboxylic acids is 1. The second-order valence-electron chi connectivity index (χ2n) is 3.93. The molecule has 0 spiro atoms. The molecule has 1 aromatic rings. The van der Waals surface area contributed by atoms with Crippen LogP contribution in [0, 0.1) is 5.82 Å². The highest BCUT2D eigenvalue weighted by molar-refractivity contribution is 7.80. The molecule has 0 saturated heterocycles. The minimum Gasteiger partial charge on any atom is -0.389 e. The summed E-state index contributed by atoms with van der Waals surface area (Å²) in [5.41, 5.74) is 6.20. The van der Waals surface area contributed by atoms with Crippen LogP contribution >= 0.6 is 12.2 Å². The van der Waals surface area contributed by atoms with Crippen LogP contribution < -0.4 is 16.4 Å². The molecule has 1 aromatic carbocycles. The lowest BCUT2D eigenvalue weighted by atomic mass is 10.1. The van der Waals surface area contributed by atoms with Crippen molar-refractivity contribution in [1.29, 1.82) is 0 Å². The Morgan fingerprint density at radius 3 is 2.76 bits per heavy atom. The van der Waals surface area contributed by atoms with Gasteiger partial charge in [0.15, 0.2) is 0 Å². The number of thiocarbonyl (C=S) groups is 1. The van der Waals surface area contributed by atoms with Gasteiger partial charge in [-0.1, -0.05) is 12.2 Å². The molecule has 6 heteroatoms. The number of hydrogen-bond donors (Lipinski definition) is 3. The predicted octanol–water partition coefficient (Wildman–Crippen LogP) is 1.74. The van der Waals surface area contributed by atoms with E-state index in [1.807, 2.05) is 0 Å². The highest BCUT2D eigenvalue weighted by Gasteiger charge is 2.23. The molecule has 0 aliphatic heterocycles. The van der Waals surface area contributed by atoms with Crippen molar-refractivity contribution in [3.8, 4) is 0 Å². The van der Waals surface area contributed by atoms with Gasteiger partial charge < -0.3 is 16.4 Å². The van der Waals surface area contributed by atoms with Crippen LogP contribution in [0.3, 0.4) is 0 Å². The van der Waals surface area contributed by atoms with Crippen molar-refractivity contribution in [3.63, 3.8) is 0 Å². The van der Waals surface area contributed by atoms with Crippen LogP contribution in [0.2, 0.25) is 0 Å². The summed E-state index contributed by atoms with van der Waals surface area (Å²) in [5, 5.41) is 5.36. The zero-order chi connectivity index (χ0) is 12.4. The third kappa shape index (κ3) is 3.13. The fourth-order valence-electron chi connectivity index (χ4n) is 1.40. The van der Waals surface area contributed by atoms with E-state index in [-0.39, 0.29) is 17.1 Å². The Hall–Kier alpha value is -1.69. The Balaban J connectivity index is 2.13. The molecule has 4 nitrogen and oxygen atoms in total. The summed E-state index contributed by atoms with van der Waals surface area (Å²) in [4.78, 5) is 11.6. The van der Waals surface area contributed by atoms with E-state index in [0.29, 0.717) is 11.3 Å². The van der Waals surface area contributed by atoms with Gasteiger partial charge >= 0.3 is 6.03 Å². The molecule has 90 valence electrons. The number of benzene rings is 1. The molecule has 0 atom stereocenters. The molecule has 1 aliphatic rings. The van der Waals surface area contributed by atoms with E-state index < -0.39 is 5.82 Å². The average molecular weight is 253 g/mol. The average Bonchev–Trinajstić information content (AvgIpc) is 3.04. The van der Waals surface area contributed by atoms with Crippen LogP contribution in [0.25, 0.3) is 0 Å². The lowest BCUT2D eigenvalue weighted by Gasteiger charge is -2.10. The van der Waals surface area contributed by atoms with E-state index in [4.69, 9.17) is 18.0 Å². The first-order valence-corrected chi connectivity index (χ1v) is 5.64. The number of amides is 2. The first kappa shape index (κ1) is 11.8. The molecule has 4 N–H and O–H groups in total. The van der Waals surface area contributed by atoms with Gasteiger partial charge in [0.25, 0.3) is 0 Å². The van der Waals surface area contributed by atoms with Gasteiger partial charge in [-0.25, -0.2) is 9.18 Å². The Morgan fingerprint density at radius 2 is 2.18 bits per heavy atom. The summed E-state index contributed by atoms with van der Waals surface area (Å²) in [6.45, 7) is 0. The van der Waals surface area contributed by atoms with Gasteiger partial charge in [-0.15, -0.1) is 0 Å². The predicted molar refractivity (Wildman–Crippen MR) is 67.5 cm³/mol. The van der Waals surface area contributed by atoms with Crippen LogP contribution in [0.5, 0.6) is 0 Å². The number of halogens is 1. The van der Waals surface area contributed by atoms with E-state index in [2.05, 4.69) is 10.6 Å². The number of nitrogens with two attached hydrogens (primary N) is 1. The number of hydrogen-bond acceptors (Lipinski definition) is 2. The summed E-state index contributed by atoms with van der Waals surface area (Å²) >= 11 is 4.80. The maximum Gasteiger partial charge on any atom is 0.319 e. The first-order valence-electron chi connectivity index (χ1n) is 5.23.